The number of rotatable bonds is 4. The summed E-state index contributed by atoms with van der Waals surface area (Å²) in [5, 5.41) is 8.78. The highest BCUT2D eigenvalue weighted by molar-refractivity contribution is 7.08. The number of hydrogen-bond donors (Lipinski definition) is 0. The predicted molar refractivity (Wildman–Crippen MR) is 115 cm³/mol. The maximum absolute atomic E-state index is 13.3. The number of carbonyl (C=O) groups is 1. The van der Waals surface area contributed by atoms with Gasteiger partial charge in [0, 0.05) is 22.6 Å². The van der Waals surface area contributed by atoms with Gasteiger partial charge >= 0.3 is 0 Å². The van der Waals surface area contributed by atoms with Crippen LogP contribution in [0.2, 0.25) is 0 Å². The molecule has 0 aliphatic carbocycles. The highest BCUT2D eigenvalue weighted by Gasteiger charge is 2.31. The minimum atomic E-state index is -0.0879. The van der Waals surface area contributed by atoms with E-state index in [2.05, 4.69) is 20.8 Å². The minimum Gasteiger partial charge on any atom is -0.497 e. The molecule has 1 aliphatic heterocycles. The molecule has 0 saturated carbocycles. The Morgan fingerprint density at radius 2 is 2.10 bits per heavy atom. The number of nitrogens with zero attached hydrogens (tertiary/aromatic N) is 2. The molecule has 0 unspecified atom stereocenters. The van der Waals surface area contributed by atoms with E-state index in [0.717, 1.165) is 34.0 Å². The second-order valence-corrected chi connectivity index (χ2v) is 9.02. The van der Waals surface area contributed by atoms with Crippen LogP contribution in [0.25, 0.3) is 16.9 Å². The van der Waals surface area contributed by atoms with E-state index in [-0.39, 0.29) is 11.2 Å². The maximum atomic E-state index is 13.3. The standard InChI is InChI=1S/C23H24N2O3S/c1-14(11-23(2,3)4)22(26)20-18-12-28-19-10-16(27-5)6-7-17(19)21(18)25(24-20)15-8-9-29-13-15/h6-11,13H,12H2,1-5H3/b14-11+. The van der Waals surface area contributed by atoms with Crippen LogP contribution in [0.3, 0.4) is 0 Å². The van der Waals surface area contributed by atoms with E-state index in [0.29, 0.717) is 17.9 Å². The van der Waals surface area contributed by atoms with Crippen molar-refractivity contribution in [2.45, 2.75) is 34.3 Å². The molecular weight excluding hydrogens is 384 g/mol. The van der Waals surface area contributed by atoms with E-state index in [1.807, 2.05) is 52.7 Å². The molecule has 4 rings (SSSR count). The molecule has 0 radical (unpaired) electrons. The summed E-state index contributed by atoms with van der Waals surface area (Å²) in [4.78, 5) is 13.3. The van der Waals surface area contributed by atoms with E-state index in [1.54, 1.807) is 18.4 Å². The summed E-state index contributed by atoms with van der Waals surface area (Å²) < 4.78 is 13.2. The highest BCUT2D eigenvalue weighted by atomic mass is 32.1. The Kier molecular flexibility index (Phi) is 4.82. The first kappa shape index (κ1) is 19.5. The topological polar surface area (TPSA) is 53.4 Å². The number of ether oxygens (including phenoxy) is 2. The van der Waals surface area contributed by atoms with Gasteiger partial charge in [0.2, 0.25) is 5.78 Å². The number of Topliss-reactive ketones (excluding diaryl/α,β-unsaturated/α-hetero) is 1. The Morgan fingerprint density at radius 3 is 2.76 bits per heavy atom. The van der Waals surface area contributed by atoms with Crippen molar-refractivity contribution in [3.05, 3.63) is 57.9 Å². The summed E-state index contributed by atoms with van der Waals surface area (Å²) >= 11 is 1.60. The molecule has 1 aliphatic rings. The van der Waals surface area contributed by atoms with Crippen LogP contribution in [0.4, 0.5) is 0 Å². The number of benzene rings is 1. The van der Waals surface area contributed by atoms with Crippen LogP contribution in [-0.4, -0.2) is 22.7 Å². The lowest BCUT2D eigenvalue weighted by Crippen LogP contribution is -2.12. The second-order valence-electron chi connectivity index (χ2n) is 8.24. The Bertz CT molecular complexity index is 1100. The third-order valence-electron chi connectivity index (χ3n) is 4.77. The van der Waals surface area contributed by atoms with Crippen molar-refractivity contribution < 1.29 is 14.3 Å². The Balaban J connectivity index is 1.91. The molecule has 0 N–H and O–H groups in total. The van der Waals surface area contributed by atoms with Crippen LogP contribution in [0.1, 0.15) is 43.7 Å². The quantitative estimate of drug-likeness (QED) is 0.412. The smallest absolute Gasteiger partial charge is 0.209 e. The van der Waals surface area contributed by atoms with E-state index in [9.17, 15) is 4.79 Å². The Hall–Kier alpha value is -2.86. The number of fused-ring (bicyclic) bond motifs is 3. The number of ketones is 1. The average molecular weight is 409 g/mol. The summed E-state index contributed by atoms with van der Waals surface area (Å²) in [6, 6.07) is 7.73. The number of thiophene rings is 1. The summed E-state index contributed by atoms with van der Waals surface area (Å²) in [5.74, 6) is 1.40. The molecule has 5 nitrogen and oxygen atoms in total. The molecule has 2 aromatic heterocycles. The summed E-state index contributed by atoms with van der Waals surface area (Å²) in [6.45, 7) is 8.39. The molecule has 3 aromatic rings. The molecule has 0 bridgehead atoms. The van der Waals surface area contributed by atoms with E-state index < -0.39 is 0 Å². The van der Waals surface area contributed by atoms with Gasteiger partial charge in [0.15, 0.2) is 0 Å². The molecule has 150 valence electrons. The predicted octanol–water partition coefficient (Wildman–Crippen LogP) is 5.68. The van der Waals surface area contributed by atoms with Crippen molar-refractivity contribution in [3.8, 4) is 28.4 Å². The molecule has 0 spiro atoms. The van der Waals surface area contributed by atoms with Gasteiger partial charge in [0.25, 0.3) is 0 Å². The van der Waals surface area contributed by atoms with Crippen LogP contribution in [0, 0.1) is 5.41 Å². The number of hydrogen-bond acceptors (Lipinski definition) is 5. The summed E-state index contributed by atoms with van der Waals surface area (Å²) in [7, 11) is 1.63. The zero-order valence-electron chi connectivity index (χ0n) is 17.3. The first-order valence-electron chi connectivity index (χ1n) is 9.48. The van der Waals surface area contributed by atoms with Crippen LogP contribution in [-0.2, 0) is 6.61 Å². The van der Waals surface area contributed by atoms with Crippen molar-refractivity contribution >= 4 is 17.1 Å². The fourth-order valence-corrected chi connectivity index (χ4v) is 4.22. The average Bonchev–Trinajstić information content (AvgIpc) is 3.33. The molecule has 0 saturated heterocycles. The van der Waals surface area contributed by atoms with Crippen molar-refractivity contribution in [1.82, 2.24) is 9.78 Å². The first-order chi connectivity index (χ1) is 13.8. The number of aromatic nitrogens is 2. The first-order valence-corrected chi connectivity index (χ1v) is 10.4. The summed E-state index contributed by atoms with van der Waals surface area (Å²) in [5.41, 5.74) is 4.62. The van der Waals surface area contributed by atoms with Crippen molar-refractivity contribution in [2.24, 2.45) is 5.41 Å². The van der Waals surface area contributed by atoms with Crippen LogP contribution in [0.15, 0.2) is 46.7 Å². The van der Waals surface area contributed by atoms with E-state index >= 15 is 0 Å². The molecule has 3 heterocycles. The molecule has 0 amide bonds. The monoisotopic (exact) mass is 408 g/mol. The molecule has 0 fully saturated rings. The van der Waals surface area contributed by atoms with Gasteiger partial charge in [-0.2, -0.15) is 16.4 Å². The zero-order valence-corrected chi connectivity index (χ0v) is 18.1. The molecule has 29 heavy (non-hydrogen) atoms. The lowest BCUT2D eigenvalue weighted by atomic mass is 9.91. The van der Waals surface area contributed by atoms with E-state index in [4.69, 9.17) is 14.6 Å². The van der Waals surface area contributed by atoms with Gasteiger partial charge in [-0.1, -0.05) is 26.8 Å². The lowest BCUT2D eigenvalue weighted by molar-refractivity contribution is 0.102. The molecular formula is C23H24N2O3S. The SMILES string of the molecule is COc1ccc2c(c1)OCc1c(C(=O)/C(C)=C/C(C)(C)C)nn(-c3ccsc3)c1-2. The zero-order chi connectivity index (χ0) is 20.8. The van der Waals surface area contributed by atoms with Gasteiger partial charge in [-0.15, -0.1) is 0 Å². The number of carbonyl (C=O) groups excluding carboxylic acids is 1. The summed E-state index contributed by atoms with van der Waals surface area (Å²) in [6.07, 6.45) is 1.99. The Morgan fingerprint density at radius 1 is 1.31 bits per heavy atom. The van der Waals surface area contributed by atoms with Gasteiger partial charge in [0.1, 0.15) is 23.8 Å². The van der Waals surface area contributed by atoms with Gasteiger partial charge in [-0.3, -0.25) is 4.79 Å². The third-order valence-corrected chi connectivity index (χ3v) is 5.44. The fourth-order valence-electron chi connectivity index (χ4n) is 3.61. The maximum Gasteiger partial charge on any atom is 0.209 e. The number of allylic oxidation sites excluding steroid dienone is 2. The largest absolute Gasteiger partial charge is 0.497 e. The number of methoxy groups -OCH3 is 1. The van der Waals surface area contributed by atoms with Crippen LogP contribution >= 0.6 is 11.3 Å². The van der Waals surface area contributed by atoms with Crippen molar-refractivity contribution in [2.75, 3.05) is 7.11 Å². The minimum absolute atomic E-state index is 0.0642. The normalized spacial score (nSPS) is 13.5. The fraction of sp³-hybridized carbons (Fsp3) is 0.304. The Labute approximate surface area is 174 Å². The molecule has 6 heteroatoms. The van der Waals surface area contributed by atoms with Gasteiger partial charge in [0.05, 0.1) is 18.5 Å². The van der Waals surface area contributed by atoms with Gasteiger partial charge in [-0.05, 0) is 41.5 Å². The highest BCUT2D eigenvalue weighted by Crippen LogP contribution is 2.42. The van der Waals surface area contributed by atoms with Crippen LogP contribution < -0.4 is 9.47 Å². The lowest BCUT2D eigenvalue weighted by Gasteiger charge is -2.20. The second kappa shape index (κ2) is 7.19. The molecule has 1 aromatic carbocycles. The van der Waals surface area contributed by atoms with Gasteiger partial charge in [-0.25, -0.2) is 4.68 Å². The van der Waals surface area contributed by atoms with Crippen molar-refractivity contribution in [1.29, 1.82) is 0 Å². The van der Waals surface area contributed by atoms with Crippen LogP contribution in [0.5, 0.6) is 11.5 Å². The van der Waals surface area contributed by atoms with E-state index in [1.165, 1.54) is 0 Å². The van der Waals surface area contributed by atoms with Gasteiger partial charge < -0.3 is 9.47 Å². The molecule has 0 atom stereocenters. The third kappa shape index (κ3) is 3.60. The van der Waals surface area contributed by atoms with Crippen molar-refractivity contribution in [3.63, 3.8) is 0 Å².